The molecule has 1 saturated carbocycles. The van der Waals surface area contributed by atoms with Crippen molar-refractivity contribution in [2.45, 2.75) is 50.0 Å². The third-order valence-electron chi connectivity index (χ3n) is 7.45. The molecule has 1 aliphatic carbocycles. The number of sulfonamides is 1. The van der Waals surface area contributed by atoms with Crippen LogP contribution in [0, 0.1) is 6.92 Å². The first kappa shape index (κ1) is 23.7. The Bertz CT molecular complexity index is 1070. The first-order valence-corrected chi connectivity index (χ1v) is 14.0. The molecule has 0 N–H and O–H groups in total. The molecule has 1 aromatic carbocycles. The number of aromatic nitrogens is 2. The van der Waals surface area contributed by atoms with E-state index < -0.39 is 10.0 Å². The highest BCUT2D eigenvalue weighted by Gasteiger charge is 2.29. The fourth-order valence-corrected chi connectivity index (χ4v) is 7.03. The average Bonchev–Trinajstić information content (AvgIpc) is 2.90. The van der Waals surface area contributed by atoms with E-state index in [9.17, 15) is 8.42 Å². The summed E-state index contributed by atoms with van der Waals surface area (Å²) in [6.45, 7) is 7.55. The molecule has 5 rings (SSSR count). The summed E-state index contributed by atoms with van der Waals surface area (Å²) in [6.07, 6.45) is 6.81. The van der Waals surface area contributed by atoms with Crippen molar-refractivity contribution in [2.24, 2.45) is 0 Å². The number of anilines is 1. The van der Waals surface area contributed by atoms with Gasteiger partial charge in [0.25, 0.3) is 0 Å². The molecule has 0 spiro atoms. The average molecular weight is 486 g/mol. The molecule has 3 heterocycles. The first-order valence-electron chi connectivity index (χ1n) is 12.5. The van der Waals surface area contributed by atoms with Crippen molar-refractivity contribution in [3.63, 3.8) is 0 Å². The lowest BCUT2D eigenvalue weighted by molar-refractivity contribution is 0.0730. The monoisotopic (exact) mass is 485 g/mol. The normalized spacial score (nSPS) is 21.6. The highest BCUT2D eigenvalue weighted by Crippen LogP contribution is 2.28. The van der Waals surface area contributed by atoms with E-state index in [1.165, 1.54) is 36.4 Å². The predicted octanol–water partition coefficient (Wildman–Crippen LogP) is 2.93. The smallest absolute Gasteiger partial charge is 0.243 e. The molecule has 3 aliphatic rings. The molecular weight excluding hydrogens is 450 g/mol. The van der Waals surface area contributed by atoms with E-state index in [2.05, 4.69) is 20.0 Å². The van der Waals surface area contributed by atoms with Gasteiger partial charge < -0.3 is 9.64 Å². The minimum absolute atomic E-state index is 0.330. The number of rotatable bonds is 5. The summed E-state index contributed by atoms with van der Waals surface area (Å²) in [5.74, 6) is 0.889. The molecule has 0 amide bonds. The molecule has 0 unspecified atom stereocenters. The maximum Gasteiger partial charge on any atom is 0.243 e. The number of ether oxygens (including phenoxy) is 1. The van der Waals surface area contributed by atoms with Crippen molar-refractivity contribution in [1.82, 2.24) is 19.4 Å². The van der Waals surface area contributed by atoms with Crippen LogP contribution in [-0.4, -0.2) is 86.3 Å². The Morgan fingerprint density at radius 3 is 2.29 bits per heavy atom. The summed E-state index contributed by atoms with van der Waals surface area (Å²) >= 11 is 0. The van der Waals surface area contributed by atoms with Gasteiger partial charge in [-0.3, -0.25) is 4.90 Å². The van der Waals surface area contributed by atoms with E-state index in [0.717, 1.165) is 49.2 Å². The number of benzene rings is 1. The second kappa shape index (κ2) is 10.3. The number of morpholine rings is 1. The second-order valence-corrected chi connectivity index (χ2v) is 11.5. The highest BCUT2D eigenvalue weighted by molar-refractivity contribution is 7.89. The van der Waals surface area contributed by atoms with E-state index >= 15 is 0 Å². The van der Waals surface area contributed by atoms with Gasteiger partial charge in [0.2, 0.25) is 10.0 Å². The summed E-state index contributed by atoms with van der Waals surface area (Å²) in [4.78, 5) is 5.29. The standard InChI is InChI=1S/C25H35N5O3S/c1-20-7-8-21(19-24(20)34(31,32)30-15-17-33-18-16-30)23-9-10-25(27-26-23)29-13-11-28(12-14-29)22-5-3-2-4-6-22/h7-10,19,22H,2-6,11-18H2,1H3. The van der Waals surface area contributed by atoms with E-state index in [4.69, 9.17) is 4.74 Å². The van der Waals surface area contributed by atoms with Gasteiger partial charge in [0.05, 0.1) is 23.8 Å². The van der Waals surface area contributed by atoms with Crippen LogP contribution in [0.15, 0.2) is 35.2 Å². The Morgan fingerprint density at radius 1 is 0.882 bits per heavy atom. The molecule has 2 aliphatic heterocycles. The number of hydrogen-bond acceptors (Lipinski definition) is 7. The third-order valence-corrected chi connectivity index (χ3v) is 9.49. The van der Waals surface area contributed by atoms with Gasteiger partial charge in [-0.05, 0) is 43.5 Å². The molecule has 0 atom stereocenters. The van der Waals surface area contributed by atoms with Crippen molar-refractivity contribution in [2.75, 3.05) is 57.4 Å². The van der Waals surface area contributed by atoms with Crippen LogP contribution in [-0.2, 0) is 14.8 Å². The predicted molar refractivity (Wildman–Crippen MR) is 132 cm³/mol. The lowest BCUT2D eigenvalue weighted by Gasteiger charge is -2.41. The van der Waals surface area contributed by atoms with Gasteiger partial charge in [0.1, 0.15) is 0 Å². The zero-order valence-corrected chi connectivity index (χ0v) is 20.8. The molecule has 9 heteroatoms. The van der Waals surface area contributed by atoms with Crippen molar-refractivity contribution in [1.29, 1.82) is 0 Å². The summed E-state index contributed by atoms with van der Waals surface area (Å²) in [6, 6.07) is 10.2. The van der Waals surface area contributed by atoms with Crippen LogP contribution in [0.3, 0.4) is 0 Å². The van der Waals surface area contributed by atoms with Gasteiger partial charge in [0, 0.05) is 50.9 Å². The topological polar surface area (TPSA) is 78.9 Å². The van der Waals surface area contributed by atoms with Crippen LogP contribution < -0.4 is 4.90 Å². The highest BCUT2D eigenvalue weighted by atomic mass is 32.2. The molecule has 0 radical (unpaired) electrons. The fourth-order valence-electron chi connectivity index (χ4n) is 5.37. The zero-order valence-electron chi connectivity index (χ0n) is 20.0. The van der Waals surface area contributed by atoms with Crippen LogP contribution in [0.4, 0.5) is 5.82 Å². The summed E-state index contributed by atoms with van der Waals surface area (Å²) < 4.78 is 33.3. The van der Waals surface area contributed by atoms with E-state index in [0.29, 0.717) is 36.9 Å². The molecule has 3 fully saturated rings. The van der Waals surface area contributed by atoms with Crippen LogP contribution in [0.2, 0.25) is 0 Å². The van der Waals surface area contributed by atoms with E-state index in [1.54, 1.807) is 6.07 Å². The Kier molecular flexibility index (Phi) is 7.15. The maximum atomic E-state index is 13.2. The lowest BCUT2D eigenvalue weighted by atomic mass is 9.94. The second-order valence-electron chi connectivity index (χ2n) is 9.59. The van der Waals surface area contributed by atoms with Crippen molar-refractivity contribution in [3.05, 3.63) is 35.9 Å². The Hall–Kier alpha value is -2.07. The van der Waals surface area contributed by atoms with Gasteiger partial charge in [-0.2, -0.15) is 4.31 Å². The van der Waals surface area contributed by atoms with Crippen LogP contribution in [0.1, 0.15) is 37.7 Å². The van der Waals surface area contributed by atoms with Gasteiger partial charge in [-0.25, -0.2) is 8.42 Å². The van der Waals surface area contributed by atoms with Crippen molar-refractivity contribution >= 4 is 15.8 Å². The SMILES string of the molecule is Cc1ccc(-c2ccc(N3CCN(C4CCCCC4)CC3)nn2)cc1S(=O)(=O)N1CCOCC1. The van der Waals surface area contributed by atoms with Gasteiger partial charge in [-0.1, -0.05) is 31.4 Å². The van der Waals surface area contributed by atoms with Crippen molar-refractivity contribution in [3.8, 4) is 11.3 Å². The minimum atomic E-state index is -3.57. The molecule has 0 bridgehead atoms. The molecule has 2 aromatic rings. The van der Waals surface area contributed by atoms with Crippen LogP contribution in [0.5, 0.6) is 0 Å². The number of hydrogen-bond donors (Lipinski definition) is 0. The van der Waals surface area contributed by atoms with Crippen molar-refractivity contribution < 1.29 is 13.2 Å². The molecule has 34 heavy (non-hydrogen) atoms. The molecule has 1 aromatic heterocycles. The Morgan fingerprint density at radius 2 is 1.62 bits per heavy atom. The van der Waals surface area contributed by atoms with Gasteiger partial charge >= 0.3 is 0 Å². The minimum Gasteiger partial charge on any atom is -0.379 e. The fraction of sp³-hybridized carbons (Fsp3) is 0.600. The molecule has 184 valence electrons. The number of piperazine rings is 1. The summed E-state index contributed by atoms with van der Waals surface area (Å²) in [7, 11) is -3.57. The largest absolute Gasteiger partial charge is 0.379 e. The third kappa shape index (κ3) is 4.98. The summed E-state index contributed by atoms with van der Waals surface area (Å²) in [5.41, 5.74) is 2.18. The molecular formula is C25H35N5O3S. The number of nitrogens with zero attached hydrogens (tertiary/aromatic N) is 5. The number of aryl methyl sites for hydroxylation is 1. The quantitative estimate of drug-likeness (QED) is 0.644. The Labute approximate surface area is 203 Å². The summed E-state index contributed by atoms with van der Waals surface area (Å²) in [5, 5.41) is 8.97. The van der Waals surface area contributed by atoms with Crippen LogP contribution in [0.25, 0.3) is 11.3 Å². The van der Waals surface area contributed by atoms with Gasteiger partial charge in [-0.15, -0.1) is 10.2 Å². The van der Waals surface area contributed by atoms with E-state index in [-0.39, 0.29) is 0 Å². The Balaban J connectivity index is 1.28. The zero-order chi connectivity index (χ0) is 23.5. The lowest BCUT2D eigenvalue weighted by Crippen LogP contribution is -2.51. The van der Waals surface area contributed by atoms with E-state index in [1.807, 2.05) is 31.2 Å². The van der Waals surface area contributed by atoms with Gasteiger partial charge in [0.15, 0.2) is 5.82 Å². The molecule has 8 nitrogen and oxygen atoms in total. The maximum absolute atomic E-state index is 13.2. The first-order chi connectivity index (χ1) is 16.5. The molecule has 2 saturated heterocycles. The van der Waals surface area contributed by atoms with Crippen LogP contribution >= 0.6 is 0 Å².